The first kappa shape index (κ1) is 11.4. The van der Waals surface area contributed by atoms with Crippen LogP contribution < -0.4 is 0 Å². The Kier molecular flexibility index (Phi) is 4.22. The molecule has 1 nitrogen and oxygen atoms in total. The predicted molar refractivity (Wildman–Crippen MR) is 56.6 cm³/mol. The fraction of sp³-hybridized carbons (Fsp3) is 0.727. The van der Waals surface area contributed by atoms with Crippen LogP contribution in [0.15, 0.2) is 16.3 Å². The van der Waals surface area contributed by atoms with Crippen LogP contribution in [0.5, 0.6) is 0 Å². The topological polar surface area (TPSA) is 12.4 Å². The maximum atomic E-state index is 4.11. The molecule has 0 aliphatic heterocycles. The van der Waals surface area contributed by atoms with Gasteiger partial charge in [0, 0.05) is 11.1 Å². The maximum Gasteiger partial charge on any atom is 0.0438 e. The second-order valence-electron chi connectivity index (χ2n) is 4.14. The van der Waals surface area contributed by atoms with Gasteiger partial charge >= 0.3 is 0 Å². The van der Waals surface area contributed by atoms with Gasteiger partial charge in [0.05, 0.1) is 0 Å². The van der Waals surface area contributed by atoms with Crippen LogP contribution in [-0.2, 0) is 0 Å². The molecule has 0 aromatic carbocycles. The Morgan fingerprint density at radius 1 is 1.33 bits per heavy atom. The Morgan fingerprint density at radius 2 is 1.83 bits per heavy atom. The summed E-state index contributed by atoms with van der Waals surface area (Å²) in [7, 11) is 0. The van der Waals surface area contributed by atoms with Gasteiger partial charge in [0.1, 0.15) is 0 Å². The van der Waals surface area contributed by atoms with E-state index in [4.69, 9.17) is 0 Å². The van der Waals surface area contributed by atoms with Crippen molar-refractivity contribution in [1.29, 1.82) is 0 Å². The minimum atomic E-state index is 0.190. The minimum Gasteiger partial charge on any atom is -0.269 e. The molecule has 0 atom stereocenters. The third kappa shape index (κ3) is 2.80. The van der Waals surface area contributed by atoms with Gasteiger partial charge in [0.2, 0.25) is 0 Å². The van der Waals surface area contributed by atoms with Crippen LogP contribution in [0.4, 0.5) is 0 Å². The summed E-state index contributed by atoms with van der Waals surface area (Å²) in [5.74, 6) is 0. The molecule has 0 spiro atoms. The molecule has 0 aliphatic rings. The molecule has 0 N–H and O–H groups in total. The van der Waals surface area contributed by atoms with E-state index in [0.29, 0.717) is 0 Å². The molecule has 70 valence electrons. The third-order valence-electron chi connectivity index (χ3n) is 2.15. The van der Waals surface area contributed by atoms with Crippen LogP contribution in [0.2, 0.25) is 0 Å². The van der Waals surface area contributed by atoms with Gasteiger partial charge in [-0.15, -0.1) is 0 Å². The van der Waals surface area contributed by atoms with Gasteiger partial charge < -0.3 is 0 Å². The van der Waals surface area contributed by atoms with Gasteiger partial charge in [-0.3, -0.25) is 4.99 Å². The van der Waals surface area contributed by atoms with Gasteiger partial charge in [-0.05, 0) is 27.0 Å². The minimum absolute atomic E-state index is 0.190. The van der Waals surface area contributed by atoms with Crippen LogP contribution >= 0.6 is 0 Å². The fourth-order valence-corrected chi connectivity index (χ4v) is 1.79. The van der Waals surface area contributed by atoms with Crippen molar-refractivity contribution in [2.24, 2.45) is 10.4 Å². The van der Waals surface area contributed by atoms with E-state index in [1.54, 1.807) is 0 Å². The second-order valence-corrected chi connectivity index (χ2v) is 4.14. The number of aliphatic imine (C=N–C) groups is 1. The molecule has 0 heterocycles. The Hall–Kier alpha value is -0.590. The normalized spacial score (nSPS) is 11.1. The quantitative estimate of drug-likeness (QED) is 0.565. The van der Waals surface area contributed by atoms with E-state index in [1.807, 2.05) is 0 Å². The first-order chi connectivity index (χ1) is 5.45. The largest absolute Gasteiger partial charge is 0.269 e. The van der Waals surface area contributed by atoms with E-state index in [2.05, 4.69) is 46.3 Å². The Balaban J connectivity index is 4.72. The highest BCUT2D eigenvalue weighted by Crippen LogP contribution is 2.33. The van der Waals surface area contributed by atoms with E-state index in [-0.39, 0.29) is 5.41 Å². The first-order valence-electron chi connectivity index (χ1n) is 4.60. The van der Waals surface area contributed by atoms with Crippen molar-refractivity contribution in [1.82, 2.24) is 0 Å². The predicted octanol–water partition coefficient (Wildman–Crippen LogP) is 3.81. The molecule has 0 aromatic rings. The molecular formula is C11H21N. The van der Waals surface area contributed by atoms with Gasteiger partial charge in [-0.25, -0.2) is 0 Å². The average Bonchev–Trinajstić information content (AvgIpc) is 1.86. The van der Waals surface area contributed by atoms with Crippen LogP contribution in [0.1, 0.15) is 47.5 Å². The summed E-state index contributed by atoms with van der Waals surface area (Å²) in [5.41, 5.74) is 2.63. The first-order valence-corrected chi connectivity index (χ1v) is 4.60. The molecule has 0 fully saturated rings. The lowest BCUT2D eigenvalue weighted by molar-refractivity contribution is 0.396. The van der Waals surface area contributed by atoms with Crippen molar-refractivity contribution in [2.45, 2.75) is 47.5 Å². The smallest absolute Gasteiger partial charge is 0.0438 e. The summed E-state index contributed by atoms with van der Waals surface area (Å²) in [6, 6.07) is 0. The number of nitrogens with zero attached hydrogens (tertiary/aromatic N) is 1. The summed E-state index contributed by atoms with van der Waals surface area (Å²) in [6.07, 6.45) is 2.37. The zero-order valence-electron chi connectivity index (χ0n) is 9.07. The summed E-state index contributed by atoms with van der Waals surface area (Å²) in [5, 5.41) is 0. The van der Waals surface area contributed by atoms with E-state index >= 15 is 0 Å². The molecule has 0 amide bonds. The lowest BCUT2D eigenvalue weighted by Gasteiger charge is -2.25. The number of hydrogen-bond acceptors (Lipinski definition) is 1. The molecule has 0 aromatic heterocycles. The van der Waals surface area contributed by atoms with Crippen LogP contribution in [-0.4, -0.2) is 6.72 Å². The molecular weight excluding hydrogens is 146 g/mol. The zero-order valence-corrected chi connectivity index (χ0v) is 9.07. The van der Waals surface area contributed by atoms with Gasteiger partial charge in [-0.1, -0.05) is 32.8 Å². The molecule has 0 saturated carbocycles. The number of allylic oxidation sites excluding steroid dienone is 2. The molecule has 1 heteroatoms. The van der Waals surface area contributed by atoms with Gasteiger partial charge in [-0.2, -0.15) is 0 Å². The SMILES string of the molecule is C=NC(=C(C)C)C(C)(C)CCC. The molecule has 0 radical (unpaired) electrons. The van der Waals surface area contributed by atoms with Crippen molar-refractivity contribution < 1.29 is 0 Å². The Morgan fingerprint density at radius 3 is 2.08 bits per heavy atom. The number of rotatable bonds is 4. The summed E-state index contributed by atoms with van der Waals surface area (Å²) < 4.78 is 0. The van der Waals surface area contributed by atoms with Crippen molar-refractivity contribution in [3.63, 3.8) is 0 Å². The number of hydrogen-bond donors (Lipinski definition) is 0. The molecule has 12 heavy (non-hydrogen) atoms. The van der Waals surface area contributed by atoms with E-state index in [0.717, 1.165) is 5.70 Å². The highest BCUT2D eigenvalue weighted by atomic mass is 14.7. The molecule has 0 bridgehead atoms. The standard InChI is InChI=1S/C11H21N/c1-7-8-11(4,5)10(12-6)9(2)3/h6-8H2,1-5H3. The van der Waals surface area contributed by atoms with Crippen LogP contribution in [0, 0.1) is 5.41 Å². The molecule has 0 aliphatic carbocycles. The van der Waals surface area contributed by atoms with Crippen LogP contribution in [0.25, 0.3) is 0 Å². The van der Waals surface area contributed by atoms with E-state index in [1.165, 1.54) is 18.4 Å². The Bertz CT molecular complexity index is 183. The lowest BCUT2D eigenvalue weighted by atomic mass is 9.83. The fourth-order valence-electron chi connectivity index (χ4n) is 1.79. The van der Waals surface area contributed by atoms with Crippen molar-refractivity contribution in [3.8, 4) is 0 Å². The monoisotopic (exact) mass is 167 g/mol. The summed E-state index contributed by atoms with van der Waals surface area (Å²) >= 11 is 0. The molecule has 0 saturated heterocycles. The van der Waals surface area contributed by atoms with E-state index < -0.39 is 0 Å². The third-order valence-corrected chi connectivity index (χ3v) is 2.15. The summed E-state index contributed by atoms with van der Waals surface area (Å²) in [4.78, 5) is 4.11. The maximum absolute atomic E-state index is 4.11. The van der Waals surface area contributed by atoms with Crippen molar-refractivity contribution in [3.05, 3.63) is 11.3 Å². The highest BCUT2D eigenvalue weighted by molar-refractivity contribution is 5.32. The van der Waals surface area contributed by atoms with Crippen LogP contribution in [0.3, 0.4) is 0 Å². The Labute approximate surface area is 76.6 Å². The lowest BCUT2D eigenvalue weighted by Crippen LogP contribution is -2.14. The average molecular weight is 167 g/mol. The second kappa shape index (κ2) is 4.44. The van der Waals surface area contributed by atoms with Crippen molar-refractivity contribution in [2.75, 3.05) is 0 Å². The molecule has 0 unspecified atom stereocenters. The van der Waals surface area contributed by atoms with Gasteiger partial charge in [0.15, 0.2) is 0 Å². The summed E-state index contributed by atoms with van der Waals surface area (Å²) in [6.45, 7) is 14.5. The van der Waals surface area contributed by atoms with E-state index in [9.17, 15) is 0 Å². The van der Waals surface area contributed by atoms with Crippen molar-refractivity contribution >= 4 is 6.72 Å². The van der Waals surface area contributed by atoms with Gasteiger partial charge in [0.25, 0.3) is 0 Å². The molecule has 0 rings (SSSR count). The highest BCUT2D eigenvalue weighted by Gasteiger charge is 2.22. The zero-order chi connectivity index (χ0) is 9.78.